The minimum absolute atomic E-state index is 0.0131. The van der Waals surface area contributed by atoms with Crippen molar-refractivity contribution in [2.75, 3.05) is 6.54 Å². The smallest absolute Gasteiger partial charge is 0.308 e. The molecule has 0 heterocycles. The monoisotopic (exact) mass is 315 g/mol. The molecule has 0 aliphatic heterocycles. The van der Waals surface area contributed by atoms with Crippen molar-refractivity contribution in [3.63, 3.8) is 0 Å². The van der Waals surface area contributed by atoms with E-state index in [1.807, 2.05) is 6.92 Å². The fourth-order valence-electron chi connectivity index (χ4n) is 1.66. The highest BCUT2D eigenvalue weighted by molar-refractivity contribution is 7.89. The van der Waals surface area contributed by atoms with Gasteiger partial charge in [-0.05, 0) is 24.1 Å². The van der Waals surface area contributed by atoms with E-state index in [9.17, 15) is 18.0 Å². The van der Waals surface area contributed by atoms with Crippen molar-refractivity contribution in [3.05, 3.63) is 29.8 Å². The highest BCUT2D eigenvalue weighted by Gasteiger charge is 2.24. The number of carbonyl (C=O) groups is 2. The molecular formula is C13H17NO6S. The van der Waals surface area contributed by atoms with Crippen molar-refractivity contribution in [1.82, 2.24) is 4.72 Å². The first-order chi connectivity index (χ1) is 9.76. The van der Waals surface area contributed by atoms with Gasteiger partial charge in [0.2, 0.25) is 10.0 Å². The Morgan fingerprint density at radius 1 is 1.19 bits per heavy atom. The molecule has 1 atom stereocenters. The molecule has 1 unspecified atom stereocenters. The lowest BCUT2D eigenvalue weighted by Gasteiger charge is -2.12. The van der Waals surface area contributed by atoms with Crippen LogP contribution < -0.4 is 4.72 Å². The van der Waals surface area contributed by atoms with Crippen LogP contribution >= 0.6 is 0 Å². The maximum atomic E-state index is 12.0. The first-order valence-corrected chi connectivity index (χ1v) is 7.77. The van der Waals surface area contributed by atoms with Crippen molar-refractivity contribution in [2.24, 2.45) is 5.92 Å². The van der Waals surface area contributed by atoms with Gasteiger partial charge in [-0.2, -0.15) is 0 Å². The molecule has 0 aliphatic rings. The Labute approximate surface area is 122 Å². The van der Waals surface area contributed by atoms with Crippen LogP contribution in [0.4, 0.5) is 0 Å². The van der Waals surface area contributed by atoms with Crippen LogP contribution in [0.3, 0.4) is 0 Å². The molecule has 1 aromatic carbocycles. The molecule has 1 rings (SSSR count). The number of hydrogen-bond acceptors (Lipinski definition) is 4. The highest BCUT2D eigenvalue weighted by atomic mass is 32.2. The van der Waals surface area contributed by atoms with Crippen LogP contribution in [0, 0.1) is 5.92 Å². The molecule has 0 bridgehead atoms. The van der Waals surface area contributed by atoms with E-state index in [1.54, 1.807) is 12.1 Å². The molecule has 0 aliphatic carbocycles. The van der Waals surface area contributed by atoms with E-state index in [-0.39, 0.29) is 4.90 Å². The molecule has 0 amide bonds. The minimum atomic E-state index is -3.86. The van der Waals surface area contributed by atoms with Gasteiger partial charge in [0, 0.05) is 6.54 Å². The van der Waals surface area contributed by atoms with E-state index < -0.39 is 40.8 Å². The summed E-state index contributed by atoms with van der Waals surface area (Å²) in [7, 11) is -3.86. The number of aliphatic carboxylic acids is 2. The van der Waals surface area contributed by atoms with E-state index in [0.717, 1.165) is 12.0 Å². The van der Waals surface area contributed by atoms with Gasteiger partial charge in [-0.25, -0.2) is 13.1 Å². The van der Waals surface area contributed by atoms with Gasteiger partial charge in [0.15, 0.2) is 0 Å². The number of carboxylic acids is 2. The van der Waals surface area contributed by atoms with Crippen LogP contribution in [0.1, 0.15) is 18.9 Å². The Balaban J connectivity index is 2.79. The van der Waals surface area contributed by atoms with Gasteiger partial charge >= 0.3 is 11.9 Å². The summed E-state index contributed by atoms with van der Waals surface area (Å²) >= 11 is 0. The summed E-state index contributed by atoms with van der Waals surface area (Å²) in [6.45, 7) is 1.46. The molecule has 116 valence electrons. The first-order valence-electron chi connectivity index (χ1n) is 6.29. The largest absolute Gasteiger partial charge is 0.481 e. The predicted molar refractivity (Wildman–Crippen MR) is 74.4 cm³/mol. The van der Waals surface area contributed by atoms with Gasteiger partial charge in [0.1, 0.15) is 0 Å². The van der Waals surface area contributed by atoms with Crippen molar-refractivity contribution >= 4 is 22.0 Å². The first kappa shape index (κ1) is 17.1. The van der Waals surface area contributed by atoms with Gasteiger partial charge in [0.25, 0.3) is 0 Å². The Morgan fingerprint density at radius 2 is 1.76 bits per heavy atom. The summed E-state index contributed by atoms with van der Waals surface area (Å²) in [6.07, 6.45) is 0.125. The van der Waals surface area contributed by atoms with E-state index in [2.05, 4.69) is 4.72 Å². The summed E-state index contributed by atoms with van der Waals surface area (Å²) < 4.78 is 26.1. The second-order valence-corrected chi connectivity index (χ2v) is 6.25. The zero-order chi connectivity index (χ0) is 16.0. The lowest BCUT2D eigenvalue weighted by atomic mass is 10.1. The third-order valence-corrected chi connectivity index (χ3v) is 4.37. The average molecular weight is 315 g/mol. The second kappa shape index (κ2) is 7.19. The third-order valence-electron chi connectivity index (χ3n) is 2.93. The SMILES string of the molecule is CCc1ccc(S(=O)(=O)NCC(CC(=O)O)C(=O)O)cc1. The van der Waals surface area contributed by atoms with Crippen LogP contribution in [-0.2, 0) is 26.0 Å². The van der Waals surface area contributed by atoms with E-state index in [1.165, 1.54) is 12.1 Å². The zero-order valence-electron chi connectivity index (χ0n) is 11.4. The van der Waals surface area contributed by atoms with Crippen molar-refractivity contribution < 1.29 is 28.2 Å². The quantitative estimate of drug-likeness (QED) is 0.649. The minimum Gasteiger partial charge on any atom is -0.481 e. The van der Waals surface area contributed by atoms with Crippen LogP contribution in [0.5, 0.6) is 0 Å². The molecule has 0 radical (unpaired) electrons. The van der Waals surface area contributed by atoms with E-state index in [4.69, 9.17) is 10.2 Å². The molecule has 0 fully saturated rings. The van der Waals surface area contributed by atoms with Crippen LogP contribution in [0.15, 0.2) is 29.2 Å². The van der Waals surface area contributed by atoms with Crippen molar-refractivity contribution in [1.29, 1.82) is 0 Å². The Kier molecular flexibility index (Phi) is 5.86. The molecule has 0 saturated carbocycles. The van der Waals surface area contributed by atoms with Gasteiger partial charge in [-0.3, -0.25) is 9.59 Å². The topological polar surface area (TPSA) is 121 Å². The molecule has 8 heteroatoms. The molecule has 7 nitrogen and oxygen atoms in total. The normalized spacial score (nSPS) is 12.8. The Hall–Kier alpha value is -1.93. The van der Waals surface area contributed by atoms with Gasteiger partial charge in [0.05, 0.1) is 17.2 Å². The average Bonchev–Trinajstić information content (AvgIpc) is 2.43. The Morgan fingerprint density at radius 3 is 2.19 bits per heavy atom. The molecule has 0 spiro atoms. The maximum Gasteiger partial charge on any atom is 0.308 e. The van der Waals surface area contributed by atoms with Crippen LogP contribution in [0.25, 0.3) is 0 Å². The number of rotatable bonds is 8. The molecule has 0 saturated heterocycles. The molecule has 21 heavy (non-hydrogen) atoms. The number of sulfonamides is 1. The van der Waals surface area contributed by atoms with Crippen molar-refractivity contribution in [2.45, 2.75) is 24.7 Å². The number of hydrogen-bond donors (Lipinski definition) is 3. The summed E-state index contributed by atoms with van der Waals surface area (Å²) in [5.41, 5.74) is 0.975. The summed E-state index contributed by atoms with van der Waals surface area (Å²) in [4.78, 5) is 21.4. The summed E-state index contributed by atoms with van der Waals surface area (Å²) in [5.74, 6) is -3.97. The fraction of sp³-hybridized carbons (Fsp3) is 0.385. The van der Waals surface area contributed by atoms with Crippen LogP contribution in [-0.4, -0.2) is 37.1 Å². The van der Waals surface area contributed by atoms with Gasteiger partial charge in [-0.15, -0.1) is 0 Å². The van der Waals surface area contributed by atoms with Crippen LogP contribution in [0.2, 0.25) is 0 Å². The van der Waals surface area contributed by atoms with Gasteiger partial charge in [-0.1, -0.05) is 19.1 Å². The van der Waals surface area contributed by atoms with Gasteiger partial charge < -0.3 is 10.2 Å². The second-order valence-electron chi connectivity index (χ2n) is 4.48. The van der Waals surface area contributed by atoms with E-state index in [0.29, 0.717) is 0 Å². The standard InChI is InChI=1S/C13H17NO6S/c1-2-9-3-5-11(6-4-9)21(19,20)14-8-10(13(17)18)7-12(15)16/h3-6,10,14H,2,7-8H2,1H3,(H,15,16)(H,17,18). The lowest BCUT2D eigenvalue weighted by molar-refractivity contribution is -0.147. The zero-order valence-corrected chi connectivity index (χ0v) is 12.3. The molecule has 1 aromatic rings. The molecule has 0 aromatic heterocycles. The van der Waals surface area contributed by atoms with Crippen molar-refractivity contribution in [3.8, 4) is 0 Å². The highest BCUT2D eigenvalue weighted by Crippen LogP contribution is 2.12. The molecule has 3 N–H and O–H groups in total. The maximum absolute atomic E-state index is 12.0. The number of aryl methyl sites for hydroxylation is 1. The Bertz CT molecular complexity index is 608. The number of nitrogens with one attached hydrogen (secondary N) is 1. The number of benzene rings is 1. The fourth-order valence-corrected chi connectivity index (χ4v) is 2.74. The van der Waals surface area contributed by atoms with E-state index >= 15 is 0 Å². The third kappa shape index (κ3) is 5.16. The lowest BCUT2D eigenvalue weighted by Crippen LogP contribution is -2.34. The predicted octanol–water partition coefficient (Wildman–Crippen LogP) is 0.703. The number of carboxylic acid groups (broad SMARTS) is 2. The summed E-state index contributed by atoms with van der Waals surface area (Å²) in [5, 5.41) is 17.5. The summed E-state index contributed by atoms with van der Waals surface area (Å²) in [6, 6.07) is 6.18. The molecular weight excluding hydrogens is 298 g/mol.